The zero-order chi connectivity index (χ0) is 12.5. The first-order valence-electron chi connectivity index (χ1n) is 6.97. The lowest BCUT2D eigenvalue weighted by Gasteiger charge is -2.23. The Morgan fingerprint density at radius 3 is 2.22 bits per heavy atom. The average molecular weight is 265 g/mol. The van der Waals surface area contributed by atoms with Crippen molar-refractivity contribution in [3.63, 3.8) is 0 Å². The van der Waals surface area contributed by atoms with Crippen molar-refractivity contribution < 1.29 is 0 Å². The molecule has 0 amide bonds. The highest BCUT2D eigenvalue weighted by Gasteiger charge is 2.29. The summed E-state index contributed by atoms with van der Waals surface area (Å²) in [5.41, 5.74) is 8.00. The van der Waals surface area contributed by atoms with E-state index in [9.17, 15) is 0 Å². The topological polar surface area (TPSA) is 29.3 Å². The molecule has 0 spiro atoms. The second kappa shape index (κ2) is 5.10. The first kappa shape index (κ1) is 12.3. The number of hydrogen-bond acceptors (Lipinski definition) is 2. The van der Waals surface area contributed by atoms with Crippen LogP contribution in [-0.4, -0.2) is 18.0 Å². The summed E-state index contributed by atoms with van der Waals surface area (Å²) in [6.07, 6.45) is 5.61. The van der Waals surface area contributed by atoms with Crippen molar-refractivity contribution in [3.8, 4) is 0 Å². The quantitative estimate of drug-likeness (QED) is 0.797. The van der Waals surface area contributed by atoms with Crippen LogP contribution in [0.15, 0.2) is 18.2 Å². The predicted molar refractivity (Wildman–Crippen MR) is 76.6 cm³/mol. The van der Waals surface area contributed by atoms with Gasteiger partial charge in [0.05, 0.1) is 0 Å². The van der Waals surface area contributed by atoms with Gasteiger partial charge in [-0.05, 0) is 49.7 Å². The predicted octanol–water partition coefficient (Wildman–Crippen LogP) is 3.54. The highest BCUT2D eigenvalue weighted by atomic mass is 35.5. The van der Waals surface area contributed by atoms with E-state index in [2.05, 4.69) is 4.90 Å². The van der Waals surface area contributed by atoms with Gasteiger partial charge in [-0.1, -0.05) is 17.7 Å². The summed E-state index contributed by atoms with van der Waals surface area (Å²) in [5.74, 6) is 1.85. The fourth-order valence-electron chi connectivity index (χ4n) is 2.50. The molecule has 0 unspecified atom stereocenters. The Bertz CT molecular complexity index is 390. The molecule has 18 heavy (non-hydrogen) atoms. The summed E-state index contributed by atoms with van der Waals surface area (Å²) in [7, 11) is 0. The third-order valence-corrected chi connectivity index (χ3v) is 4.32. The number of hydrogen-bond donors (Lipinski definition) is 1. The van der Waals surface area contributed by atoms with Crippen molar-refractivity contribution in [2.45, 2.75) is 32.2 Å². The van der Waals surface area contributed by atoms with Crippen LogP contribution in [0.25, 0.3) is 0 Å². The van der Waals surface area contributed by atoms with Crippen LogP contribution in [-0.2, 0) is 6.54 Å². The van der Waals surface area contributed by atoms with Crippen LogP contribution >= 0.6 is 11.6 Å². The Morgan fingerprint density at radius 1 is 1.11 bits per heavy atom. The summed E-state index contributed by atoms with van der Waals surface area (Å²) < 4.78 is 0. The molecule has 98 valence electrons. The van der Waals surface area contributed by atoms with Crippen molar-refractivity contribution in [2.24, 2.45) is 11.8 Å². The largest absolute Gasteiger partial charge is 0.398 e. The maximum Gasteiger partial charge on any atom is 0.0471 e. The number of nitrogens with two attached hydrogens (primary N) is 1. The number of anilines is 1. The Balaban J connectivity index is 1.69. The van der Waals surface area contributed by atoms with Crippen molar-refractivity contribution in [1.82, 2.24) is 4.90 Å². The number of halogens is 1. The fourth-order valence-corrected chi connectivity index (χ4v) is 2.74. The van der Waals surface area contributed by atoms with E-state index >= 15 is 0 Å². The van der Waals surface area contributed by atoms with Gasteiger partial charge in [0, 0.05) is 35.9 Å². The van der Waals surface area contributed by atoms with E-state index in [-0.39, 0.29) is 0 Å². The zero-order valence-electron chi connectivity index (χ0n) is 10.7. The van der Waals surface area contributed by atoms with Crippen LogP contribution in [0.2, 0.25) is 5.02 Å². The molecule has 2 aliphatic rings. The molecule has 0 heterocycles. The molecule has 2 nitrogen and oxygen atoms in total. The molecule has 1 aromatic rings. The molecule has 2 aliphatic carbocycles. The Labute approximate surface area is 114 Å². The molecule has 0 aromatic heterocycles. The minimum atomic E-state index is 0.812. The highest BCUT2D eigenvalue weighted by Crippen LogP contribution is 2.35. The van der Waals surface area contributed by atoms with E-state index in [1.807, 2.05) is 18.2 Å². The lowest BCUT2D eigenvalue weighted by Crippen LogP contribution is -2.28. The highest BCUT2D eigenvalue weighted by molar-refractivity contribution is 6.31. The normalized spacial score (nSPS) is 19.4. The van der Waals surface area contributed by atoms with E-state index in [1.54, 1.807) is 0 Å². The van der Waals surface area contributed by atoms with Crippen molar-refractivity contribution in [2.75, 3.05) is 18.8 Å². The van der Waals surface area contributed by atoms with E-state index in [0.29, 0.717) is 0 Å². The maximum absolute atomic E-state index is 6.27. The molecule has 0 radical (unpaired) electrons. The van der Waals surface area contributed by atoms with E-state index in [1.165, 1.54) is 38.8 Å². The maximum atomic E-state index is 6.27. The molecule has 2 fully saturated rings. The third kappa shape index (κ3) is 3.18. The first-order valence-corrected chi connectivity index (χ1v) is 7.35. The third-order valence-electron chi connectivity index (χ3n) is 3.96. The Morgan fingerprint density at radius 2 is 1.72 bits per heavy atom. The minimum absolute atomic E-state index is 0.812. The van der Waals surface area contributed by atoms with Crippen LogP contribution in [0.5, 0.6) is 0 Å². The molecule has 3 rings (SSSR count). The smallest absolute Gasteiger partial charge is 0.0471 e. The molecular formula is C15H21ClN2. The van der Waals surface area contributed by atoms with Gasteiger partial charge < -0.3 is 5.73 Å². The van der Waals surface area contributed by atoms with Gasteiger partial charge in [-0.2, -0.15) is 0 Å². The SMILES string of the molecule is Nc1cccc(Cl)c1CN(CC1CC1)CC1CC1. The van der Waals surface area contributed by atoms with Gasteiger partial charge in [0.2, 0.25) is 0 Å². The number of benzene rings is 1. The van der Waals surface area contributed by atoms with Gasteiger partial charge in [-0.25, -0.2) is 0 Å². The van der Waals surface area contributed by atoms with Gasteiger partial charge in [0.15, 0.2) is 0 Å². The summed E-state index contributed by atoms with van der Waals surface area (Å²) in [6, 6.07) is 5.82. The first-order chi connectivity index (χ1) is 8.72. The Kier molecular flexibility index (Phi) is 3.49. The van der Waals surface area contributed by atoms with E-state index in [0.717, 1.165) is 34.7 Å². The second-order valence-electron chi connectivity index (χ2n) is 5.89. The number of nitrogen functional groups attached to an aromatic ring is 1. The van der Waals surface area contributed by atoms with Gasteiger partial charge in [0.1, 0.15) is 0 Å². The van der Waals surface area contributed by atoms with Crippen LogP contribution < -0.4 is 5.73 Å². The van der Waals surface area contributed by atoms with Gasteiger partial charge >= 0.3 is 0 Å². The molecule has 0 atom stereocenters. The second-order valence-corrected chi connectivity index (χ2v) is 6.30. The van der Waals surface area contributed by atoms with Crippen molar-refractivity contribution in [3.05, 3.63) is 28.8 Å². The molecule has 1 aromatic carbocycles. The van der Waals surface area contributed by atoms with Crippen LogP contribution in [0, 0.1) is 11.8 Å². The molecule has 0 bridgehead atoms. The molecule has 0 aliphatic heterocycles. The Hall–Kier alpha value is -0.730. The average Bonchev–Trinajstić information content (AvgIpc) is 3.19. The minimum Gasteiger partial charge on any atom is -0.398 e. The molecule has 2 N–H and O–H groups in total. The summed E-state index contributed by atoms with van der Waals surface area (Å²) in [6.45, 7) is 3.36. The molecular weight excluding hydrogens is 244 g/mol. The van der Waals surface area contributed by atoms with Crippen LogP contribution in [0.1, 0.15) is 31.2 Å². The van der Waals surface area contributed by atoms with E-state index < -0.39 is 0 Å². The van der Waals surface area contributed by atoms with Gasteiger partial charge in [-0.15, -0.1) is 0 Å². The van der Waals surface area contributed by atoms with Gasteiger partial charge in [0.25, 0.3) is 0 Å². The molecule has 0 saturated heterocycles. The number of rotatable bonds is 6. The fraction of sp³-hybridized carbons (Fsp3) is 0.600. The standard InChI is InChI=1S/C15H21ClN2/c16-14-2-1-3-15(17)13(14)10-18(8-11-4-5-11)9-12-6-7-12/h1-3,11-12H,4-10,17H2. The number of nitrogens with zero attached hydrogens (tertiary/aromatic N) is 1. The monoisotopic (exact) mass is 264 g/mol. The molecule has 3 heteroatoms. The van der Waals surface area contributed by atoms with Crippen LogP contribution in [0.3, 0.4) is 0 Å². The molecule has 2 saturated carbocycles. The van der Waals surface area contributed by atoms with Gasteiger partial charge in [-0.3, -0.25) is 4.90 Å². The summed E-state index contributed by atoms with van der Waals surface area (Å²) >= 11 is 6.27. The van der Waals surface area contributed by atoms with Crippen molar-refractivity contribution in [1.29, 1.82) is 0 Å². The zero-order valence-corrected chi connectivity index (χ0v) is 11.5. The van der Waals surface area contributed by atoms with Crippen molar-refractivity contribution >= 4 is 17.3 Å². The summed E-state index contributed by atoms with van der Waals surface area (Å²) in [5, 5.41) is 0.812. The lowest BCUT2D eigenvalue weighted by molar-refractivity contribution is 0.244. The van der Waals surface area contributed by atoms with Crippen LogP contribution in [0.4, 0.5) is 5.69 Å². The van der Waals surface area contributed by atoms with E-state index in [4.69, 9.17) is 17.3 Å². The lowest BCUT2D eigenvalue weighted by atomic mass is 10.1. The summed E-state index contributed by atoms with van der Waals surface area (Å²) in [4.78, 5) is 2.56.